The van der Waals surface area contributed by atoms with Crippen molar-refractivity contribution in [1.29, 1.82) is 0 Å². The van der Waals surface area contributed by atoms with Crippen LogP contribution in [-0.4, -0.2) is 9.38 Å². The molecule has 1 saturated heterocycles. The summed E-state index contributed by atoms with van der Waals surface area (Å²) in [6, 6.07) is 13.5. The lowest BCUT2D eigenvalue weighted by molar-refractivity contribution is -0.384. The molecule has 102 valence electrons. The van der Waals surface area contributed by atoms with E-state index in [0.717, 1.165) is 5.69 Å². The van der Waals surface area contributed by atoms with E-state index in [-0.39, 0.29) is 5.69 Å². The van der Waals surface area contributed by atoms with Crippen LogP contribution in [0, 0.1) is 10.1 Å². The van der Waals surface area contributed by atoms with E-state index in [0.29, 0.717) is 5.56 Å². The van der Waals surface area contributed by atoms with Crippen LogP contribution >= 0.6 is 23.2 Å². The van der Waals surface area contributed by atoms with Gasteiger partial charge in [0, 0.05) is 17.8 Å². The van der Waals surface area contributed by atoms with Crippen molar-refractivity contribution in [3.8, 4) is 0 Å². The second-order valence-corrected chi connectivity index (χ2v) is 5.65. The Morgan fingerprint density at radius 2 is 1.75 bits per heavy atom. The number of hydrogen-bond acceptors (Lipinski definition) is 3. The number of nitro groups is 1. The third-order valence-electron chi connectivity index (χ3n) is 3.11. The fraction of sp³-hybridized carbons (Fsp3) is 0.143. The molecule has 6 heteroatoms. The van der Waals surface area contributed by atoms with E-state index in [1.165, 1.54) is 24.3 Å². The van der Waals surface area contributed by atoms with Gasteiger partial charge in [0.25, 0.3) is 5.69 Å². The van der Waals surface area contributed by atoms with Crippen molar-refractivity contribution in [3.63, 3.8) is 0 Å². The second kappa shape index (κ2) is 4.65. The number of rotatable bonds is 3. The van der Waals surface area contributed by atoms with Gasteiger partial charge in [0.2, 0.25) is 4.46 Å². The van der Waals surface area contributed by atoms with Crippen molar-refractivity contribution in [3.05, 3.63) is 70.3 Å². The minimum absolute atomic E-state index is 0.0380. The van der Waals surface area contributed by atoms with Crippen LogP contribution in [0.4, 0.5) is 11.4 Å². The number of para-hydroxylation sites is 1. The predicted molar refractivity (Wildman–Crippen MR) is 79.2 cm³/mol. The number of halogens is 2. The quantitative estimate of drug-likeness (QED) is 0.279. The zero-order chi connectivity index (χ0) is 15.3. The predicted octanol–water partition coefficient (Wildman–Crippen LogP) is 4.29. The minimum atomic E-state index is -1.41. The summed E-state index contributed by atoms with van der Waals surface area (Å²) in [4.78, 5) is 11.7. The van der Waals surface area contributed by atoms with Crippen molar-refractivity contribution in [1.82, 2.24) is 0 Å². The molecule has 20 heavy (non-hydrogen) atoms. The molecule has 1 heterocycles. The van der Waals surface area contributed by atoms with Crippen LogP contribution in [0.15, 0.2) is 54.6 Å². The maximum atomic E-state index is 10.7. The lowest BCUT2D eigenvalue weighted by Gasteiger charge is -2.05. The molecule has 0 saturated carbocycles. The summed E-state index contributed by atoms with van der Waals surface area (Å²) in [7, 11) is 0. The lowest BCUT2D eigenvalue weighted by atomic mass is 10.1. The van der Waals surface area contributed by atoms with E-state index in [1.807, 2.05) is 18.2 Å². The van der Waals surface area contributed by atoms with Crippen LogP contribution in [-0.2, 0) is 0 Å². The Morgan fingerprint density at radius 3 is 2.30 bits per heavy atom. The summed E-state index contributed by atoms with van der Waals surface area (Å²) in [5.74, 6) is 0. The van der Waals surface area contributed by atoms with E-state index < -0.39 is 15.4 Å². The Morgan fingerprint density at radius 1 is 1.15 bits per heavy atom. The molecule has 0 radical (unpaired) electrons. The highest BCUT2D eigenvalue weighted by Gasteiger charge is 2.62. The van der Waals surface area contributed by atoms with Crippen molar-refractivity contribution >= 4 is 34.6 Å². The molecule has 1 fully saturated rings. The number of nitro benzene ring substituents is 1. The van der Waals surface area contributed by atoms with Crippen LogP contribution in [0.5, 0.6) is 0 Å². The summed E-state index contributed by atoms with van der Waals surface area (Å²) in [5, 5.41) is 10.7. The summed E-state index contributed by atoms with van der Waals surface area (Å²) in [6.45, 7) is 0. The molecule has 0 N–H and O–H groups in total. The number of anilines is 1. The topological polar surface area (TPSA) is 46.1 Å². The Labute approximate surface area is 127 Å². The van der Waals surface area contributed by atoms with Crippen molar-refractivity contribution in [2.24, 2.45) is 0 Å². The molecule has 0 bridgehead atoms. The van der Waals surface area contributed by atoms with E-state index in [1.54, 1.807) is 17.0 Å². The molecule has 2 aromatic carbocycles. The van der Waals surface area contributed by atoms with E-state index in [2.05, 4.69) is 0 Å². The zero-order valence-corrected chi connectivity index (χ0v) is 11.7. The van der Waals surface area contributed by atoms with Gasteiger partial charge in [-0.25, -0.2) is 0 Å². The molecular weight excluding hydrogens is 299 g/mol. The normalized spacial score (nSPS) is 24.1. The molecule has 4 nitrogen and oxygen atoms in total. The van der Waals surface area contributed by atoms with Crippen LogP contribution < -0.4 is 4.90 Å². The van der Waals surface area contributed by atoms with Crippen LogP contribution in [0.2, 0.25) is 0 Å². The van der Waals surface area contributed by atoms with Gasteiger partial charge >= 0.3 is 0 Å². The zero-order valence-electron chi connectivity index (χ0n) is 11.2. The second-order valence-electron chi connectivity index (χ2n) is 4.36. The molecular formula is C14H10Cl2N2O2. The summed E-state index contributed by atoms with van der Waals surface area (Å²) >= 11 is 12.5. The highest BCUT2D eigenvalue weighted by molar-refractivity contribution is 6.53. The van der Waals surface area contributed by atoms with Crippen LogP contribution in [0.25, 0.3) is 0 Å². The molecule has 1 atom stereocenters. The Kier molecular flexibility index (Phi) is 2.79. The van der Waals surface area contributed by atoms with Gasteiger partial charge in [0.1, 0.15) is 6.02 Å². The Balaban J connectivity index is 1.99. The first-order valence-corrected chi connectivity index (χ1v) is 6.63. The Bertz CT molecular complexity index is 694. The van der Waals surface area contributed by atoms with E-state index in [9.17, 15) is 10.1 Å². The van der Waals surface area contributed by atoms with Gasteiger partial charge in [0.15, 0.2) is 0 Å². The highest BCUT2D eigenvalue weighted by Crippen LogP contribution is 2.61. The highest BCUT2D eigenvalue weighted by atomic mass is 35.5. The average molecular weight is 310 g/mol. The molecule has 0 aromatic heterocycles. The van der Waals surface area contributed by atoms with E-state index >= 15 is 0 Å². The maximum Gasteiger partial charge on any atom is 0.269 e. The third-order valence-corrected chi connectivity index (χ3v) is 3.80. The molecule has 0 amide bonds. The SMILES string of the molecule is [2H]C1(c2ccc([N+](=O)[O-])cc2)N(c2ccccc2)C1(Cl)Cl. The monoisotopic (exact) mass is 309 g/mol. The summed E-state index contributed by atoms with van der Waals surface area (Å²) in [5.41, 5.74) is 1.18. The molecule has 3 rings (SSSR count). The largest absolute Gasteiger partial charge is 0.326 e. The van der Waals surface area contributed by atoms with Gasteiger partial charge in [0.05, 0.1) is 6.29 Å². The third kappa shape index (κ3) is 2.11. The molecule has 1 aliphatic rings. The van der Waals surface area contributed by atoms with Gasteiger partial charge in [-0.05, 0) is 29.8 Å². The fourth-order valence-electron chi connectivity index (χ4n) is 2.12. The Hall–Kier alpha value is -1.78. The molecule has 1 unspecified atom stereocenters. The first-order chi connectivity index (χ1) is 9.89. The number of alkyl halides is 2. The van der Waals surface area contributed by atoms with E-state index in [4.69, 9.17) is 24.6 Å². The maximum absolute atomic E-state index is 10.7. The van der Waals surface area contributed by atoms with Crippen molar-refractivity contribution in [2.75, 3.05) is 4.90 Å². The molecule has 2 aromatic rings. The average Bonchev–Trinajstić information content (AvgIpc) is 2.94. The fourth-order valence-corrected chi connectivity index (χ4v) is 2.79. The van der Waals surface area contributed by atoms with Crippen molar-refractivity contribution in [2.45, 2.75) is 10.5 Å². The van der Waals surface area contributed by atoms with Gasteiger partial charge in [-0.2, -0.15) is 0 Å². The first-order valence-electron chi connectivity index (χ1n) is 6.37. The number of benzene rings is 2. The molecule has 0 aliphatic carbocycles. The van der Waals surface area contributed by atoms with Crippen LogP contribution in [0.1, 0.15) is 13.0 Å². The standard InChI is InChI=1S/C14H10Cl2N2O2/c15-14(16)13(17(14)11-4-2-1-3-5-11)10-6-8-12(9-7-10)18(19)20/h1-9,13H/i13D. The number of non-ortho nitro benzene ring substituents is 1. The molecule has 0 spiro atoms. The minimum Gasteiger partial charge on any atom is -0.326 e. The van der Waals surface area contributed by atoms with Gasteiger partial charge in [-0.3, -0.25) is 10.1 Å². The summed E-state index contributed by atoms with van der Waals surface area (Å²) in [6.07, 6.45) is 0. The first kappa shape index (κ1) is 12.0. The van der Waals surface area contributed by atoms with Crippen LogP contribution in [0.3, 0.4) is 0 Å². The van der Waals surface area contributed by atoms with Gasteiger partial charge in [-0.1, -0.05) is 41.4 Å². The number of hydrogen-bond donors (Lipinski definition) is 0. The number of nitrogens with zero attached hydrogens (tertiary/aromatic N) is 2. The van der Waals surface area contributed by atoms with Gasteiger partial charge < -0.3 is 4.90 Å². The lowest BCUT2D eigenvalue weighted by Crippen LogP contribution is -2.00. The smallest absolute Gasteiger partial charge is 0.269 e. The van der Waals surface area contributed by atoms with Crippen molar-refractivity contribution < 1.29 is 6.29 Å². The molecule has 1 aliphatic heterocycles. The summed E-state index contributed by atoms with van der Waals surface area (Å²) < 4.78 is 7.14. The van der Waals surface area contributed by atoms with Gasteiger partial charge in [-0.15, -0.1) is 0 Å².